The second-order valence-electron chi connectivity index (χ2n) is 7.84. The summed E-state index contributed by atoms with van der Waals surface area (Å²) in [7, 11) is 1.32. The lowest BCUT2D eigenvalue weighted by Gasteiger charge is -2.34. The normalized spacial score (nSPS) is 17.0. The number of nitrogens with zero attached hydrogens (tertiary/aromatic N) is 1. The molecule has 3 aromatic carbocycles. The van der Waals surface area contributed by atoms with Crippen molar-refractivity contribution in [3.63, 3.8) is 0 Å². The molecule has 0 radical (unpaired) electrons. The quantitative estimate of drug-likeness (QED) is 0.538. The van der Waals surface area contributed by atoms with Crippen molar-refractivity contribution in [2.24, 2.45) is 0 Å². The number of amides is 1. The molecule has 164 valence electrons. The van der Waals surface area contributed by atoms with Crippen molar-refractivity contribution in [2.75, 3.05) is 7.11 Å². The van der Waals surface area contributed by atoms with Gasteiger partial charge in [0.25, 0.3) is 5.91 Å². The molecule has 0 bridgehead atoms. The molecule has 3 atom stereocenters. The monoisotopic (exact) mass is 432 g/mol. The molecular weight excluding hydrogens is 407 g/mol. The van der Waals surface area contributed by atoms with Crippen molar-refractivity contribution in [3.8, 4) is 0 Å². The highest BCUT2D eigenvalue weighted by molar-refractivity contribution is 5.99. The Balaban J connectivity index is 1.74. The van der Waals surface area contributed by atoms with E-state index in [2.05, 4.69) is 5.32 Å². The highest BCUT2D eigenvalue weighted by atomic mass is 19.1. The topological polar surface area (TPSA) is 58.6 Å². The second-order valence-corrected chi connectivity index (χ2v) is 7.84. The molecule has 32 heavy (non-hydrogen) atoms. The van der Waals surface area contributed by atoms with Gasteiger partial charge in [0, 0.05) is 17.2 Å². The van der Waals surface area contributed by atoms with Gasteiger partial charge in [-0.15, -0.1) is 0 Å². The Kier molecular flexibility index (Phi) is 6.32. The van der Waals surface area contributed by atoms with Gasteiger partial charge in [-0.2, -0.15) is 0 Å². The van der Waals surface area contributed by atoms with Gasteiger partial charge in [0.05, 0.1) is 19.6 Å². The number of halogens is 1. The predicted octanol–water partition coefficient (Wildman–Crippen LogP) is 4.94. The first-order chi connectivity index (χ1) is 15.5. The molecule has 0 aliphatic carbocycles. The molecule has 1 aliphatic heterocycles. The number of methoxy groups -OCH3 is 1. The number of ether oxygens (including phenoxy) is 1. The highest BCUT2D eigenvalue weighted by Crippen LogP contribution is 2.40. The minimum atomic E-state index is -0.549. The third-order valence-electron chi connectivity index (χ3n) is 5.91. The van der Waals surface area contributed by atoms with Crippen LogP contribution < -0.4 is 5.32 Å². The third kappa shape index (κ3) is 4.27. The number of carbonyl (C=O) groups is 2. The van der Waals surface area contributed by atoms with Gasteiger partial charge < -0.3 is 9.64 Å². The molecule has 1 aliphatic rings. The molecule has 0 saturated carbocycles. The van der Waals surface area contributed by atoms with E-state index in [0.717, 1.165) is 11.1 Å². The predicted molar refractivity (Wildman–Crippen MR) is 119 cm³/mol. The number of nitrogens with one attached hydrogen (secondary N) is 1. The van der Waals surface area contributed by atoms with Crippen LogP contribution >= 0.6 is 0 Å². The van der Waals surface area contributed by atoms with E-state index in [9.17, 15) is 14.0 Å². The molecule has 0 saturated heterocycles. The Morgan fingerprint density at radius 3 is 2.44 bits per heavy atom. The SMILES string of the molecule is COC(=O)C[C@H](N[C@@H]1c2ccccc2C(=O)N1[C@H](C)c1ccccc1)c1cccc(F)c1. The molecule has 3 aromatic rings. The summed E-state index contributed by atoms with van der Waals surface area (Å²) in [5.74, 6) is -0.908. The number of rotatable bonds is 7. The van der Waals surface area contributed by atoms with Crippen LogP contribution in [0.15, 0.2) is 78.9 Å². The number of hydrogen-bond acceptors (Lipinski definition) is 4. The smallest absolute Gasteiger partial charge is 0.307 e. The van der Waals surface area contributed by atoms with Crippen molar-refractivity contribution in [1.29, 1.82) is 0 Å². The van der Waals surface area contributed by atoms with Gasteiger partial charge in [0.1, 0.15) is 12.0 Å². The third-order valence-corrected chi connectivity index (χ3v) is 5.91. The summed E-state index contributed by atoms with van der Waals surface area (Å²) in [5, 5.41) is 3.45. The minimum Gasteiger partial charge on any atom is -0.469 e. The first-order valence-electron chi connectivity index (χ1n) is 10.5. The number of hydrogen-bond donors (Lipinski definition) is 1. The first-order valence-corrected chi connectivity index (χ1v) is 10.5. The van der Waals surface area contributed by atoms with Gasteiger partial charge in [0.2, 0.25) is 0 Å². The molecular formula is C26H25FN2O3. The molecule has 4 rings (SSSR count). The van der Waals surface area contributed by atoms with E-state index in [1.165, 1.54) is 19.2 Å². The van der Waals surface area contributed by atoms with Crippen LogP contribution in [-0.2, 0) is 9.53 Å². The zero-order chi connectivity index (χ0) is 22.7. The lowest BCUT2D eigenvalue weighted by atomic mass is 10.0. The van der Waals surface area contributed by atoms with Crippen molar-refractivity contribution in [2.45, 2.75) is 31.6 Å². The maximum absolute atomic E-state index is 14.0. The standard InChI is InChI=1S/C26H25FN2O3/c1-17(18-9-4-3-5-10-18)29-25(21-13-6-7-14-22(21)26(29)31)28-23(16-24(30)32-2)19-11-8-12-20(27)15-19/h3-15,17,23,25,28H,16H2,1-2H3/t17-,23+,25+/m1/s1. The molecule has 6 heteroatoms. The van der Waals surface area contributed by atoms with Crippen LogP contribution in [0.5, 0.6) is 0 Å². The molecule has 5 nitrogen and oxygen atoms in total. The Morgan fingerprint density at radius 2 is 1.72 bits per heavy atom. The maximum atomic E-state index is 14.0. The van der Waals surface area contributed by atoms with Crippen molar-refractivity contribution < 1.29 is 18.7 Å². The molecule has 1 N–H and O–H groups in total. The Labute approximate surface area is 186 Å². The maximum Gasteiger partial charge on any atom is 0.307 e. The van der Waals surface area contributed by atoms with Crippen LogP contribution in [0.2, 0.25) is 0 Å². The summed E-state index contributed by atoms with van der Waals surface area (Å²) in [6.07, 6.45) is -0.493. The van der Waals surface area contributed by atoms with Crippen LogP contribution in [0.25, 0.3) is 0 Å². The highest BCUT2D eigenvalue weighted by Gasteiger charge is 2.40. The molecule has 0 aromatic heterocycles. The van der Waals surface area contributed by atoms with Crippen LogP contribution in [-0.4, -0.2) is 23.9 Å². The zero-order valence-electron chi connectivity index (χ0n) is 18.0. The van der Waals surface area contributed by atoms with E-state index in [4.69, 9.17) is 4.74 Å². The average Bonchev–Trinajstić information content (AvgIpc) is 3.10. The van der Waals surface area contributed by atoms with Crippen LogP contribution in [0.1, 0.15) is 58.6 Å². The average molecular weight is 432 g/mol. The largest absolute Gasteiger partial charge is 0.469 e. The second kappa shape index (κ2) is 9.32. The number of carbonyl (C=O) groups excluding carboxylic acids is 2. The van der Waals surface area contributed by atoms with Crippen molar-refractivity contribution >= 4 is 11.9 Å². The lowest BCUT2D eigenvalue weighted by molar-refractivity contribution is -0.141. The molecule has 1 heterocycles. The van der Waals surface area contributed by atoms with E-state index in [1.807, 2.05) is 61.5 Å². The zero-order valence-corrected chi connectivity index (χ0v) is 18.0. The summed E-state index contributed by atoms with van der Waals surface area (Å²) >= 11 is 0. The van der Waals surface area contributed by atoms with Gasteiger partial charge in [-0.1, -0.05) is 60.7 Å². The fourth-order valence-electron chi connectivity index (χ4n) is 4.24. The van der Waals surface area contributed by atoms with E-state index in [0.29, 0.717) is 11.1 Å². The summed E-state index contributed by atoms with van der Waals surface area (Å²) in [6, 6.07) is 22.6. The van der Waals surface area contributed by atoms with Crippen LogP contribution in [0, 0.1) is 5.82 Å². The van der Waals surface area contributed by atoms with E-state index in [-0.39, 0.29) is 18.4 Å². The fraction of sp³-hybridized carbons (Fsp3) is 0.231. The van der Waals surface area contributed by atoms with Gasteiger partial charge in [0.15, 0.2) is 0 Å². The molecule has 0 unspecified atom stereocenters. The van der Waals surface area contributed by atoms with Gasteiger partial charge in [-0.25, -0.2) is 4.39 Å². The van der Waals surface area contributed by atoms with E-state index >= 15 is 0 Å². The van der Waals surface area contributed by atoms with Crippen molar-refractivity contribution in [3.05, 3.63) is 107 Å². The number of fused-ring (bicyclic) bond motifs is 1. The first kappa shape index (κ1) is 21.7. The summed E-state index contributed by atoms with van der Waals surface area (Å²) in [5.41, 5.74) is 3.05. The number of esters is 1. The van der Waals surface area contributed by atoms with Gasteiger partial charge in [-0.3, -0.25) is 14.9 Å². The summed E-state index contributed by atoms with van der Waals surface area (Å²) in [4.78, 5) is 27.4. The Bertz CT molecular complexity index is 1120. The Morgan fingerprint density at radius 1 is 1.03 bits per heavy atom. The Hall–Kier alpha value is -3.51. The molecule has 0 fully saturated rings. The van der Waals surface area contributed by atoms with Crippen LogP contribution in [0.4, 0.5) is 4.39 Å². The van der Waals surface area contributed by atoms with Crippen molar-refractivity contribution in [1.82, 2.24) is 10.2 Å². The minimum absolute atomic E-state index is 0.000366. The van der Waals surface area contributed by atoms with E-state index < -0.39 is 24.0 Å². The summed E-state index contributed by atoms with van der Waals surface area (Å²) in [6.45, 7) is 1.98. The van der Waals surface area contributed by atoms with E-state index in [1.54, 1.807) is 17.0 Å². The van der Waals surface area contributed by atoms with Crippen LogP contribution in [0.3, 0.4) is 0 Å². The van der Waals surface area contributed by atoms with Gasteiger partial charge in [-0.05, 0) is 36.2 Å². The molecule has 1 amide bonds. The molecule has 0 spiro atoms. The summed E-state index contributed by atoms with van der Waals surface area (Å²) < 4.78 is 18.9. The number of benzene rings is 3. The lowest BCUT2D eigenvalue weighted by Crippen LogP contribution is -2.40. The fourth-order valence-corrected chi connectivity index (χ4v) is 4.24. The van der Waals surface area contributed by atoms with Gasteiger partial charge >= 0.3 is 5.97 Å².